The molecular weight excluding hydrogens is 296 g/mol. The first-order valence-corrected chi connectivity index (χ1v) is 7.76. The van der Waals surface area contributed by atoms with Gasteiger partial charge in [0.25, 0.3) is 5.91 Å². The molecule has 1 heterocycles. The van der Waals surface area contributed by atoms with E-state index in [1.165, 1.54) is 0 Å². The van der Waals surface area contributed by atoms with Gasteiger partial charge in [0.2, 0.25) is 5.91 Å². The van der Waals surface area contributed by atoms with Gasteiger partial charge in [-0.25, -0.2) is 0 Å². The molecule has 0 aliphatic carbocycles. The zero-order chi connectivity index (χ0) is 16.7. The molecule has 0 bridgehead atoms. The van der Waals surface area contributed by atoms with Crippen LogP contribution in [0.25, 0.3) is 0 Å². The van der Waals surface area contributed by atoms with Crippen LogP contribution in [0.15, 0.2) is 24.3 Å². The van der Waals surface area contributed by atoms with Crippen molar-refractivity contribution < 1.29 is 14.3 Å². The van der Waals surface area contributed by atoms with Gasteiger partial charge in [-0.05, 0) is 24.6 Å². The van der Waals surface area contributed by atoms with Crippen molar-refractivity contribution in [1.82, 2.24) is 15.5 Å². The fourth-order valence-electron chi connectivity index (χ4n) is 2.42. The summed E-state index contributed by atoms with van der Waals surface area (Å²) in [7, 11) is 0. The maximum atomic E-state index is 12.0. The Hall–Kier alpha value is -2.12. The van der Waals surface area contributed by atoms with E-state index in [9.17, 15) is 9.59 Å². The Labute approximate surface area is 136 Å². The molecule has 7 heteroatoms. The molecule has 0 aromatic heterocycles. The second-order valence-electron chi connectivity index (χ2n) is 5.70. The topological polar surface area (TPSA) is 96.7 Å². The molecule has 1 aliphatic heterocycles. The van der Waals surface area contributed by atoms with Crippen molar-refractivity contribution in [2.24, 2.45) is 5.73 Å². The molecule has 0 saturated carbocycles. The van der Waals surface area contributed by atoms with E-state index in [0.29, 0.717) is 24.9 Å². The average molecular weight is 320 g/mol. The fraction of sp³-hybridized carbons (Fsp3) is 0.500. The van der Waals surface area contributed by atoms with Crippen LogP contribution in [0.4, 0.5) is 0 Å². The van der Waals surface area contributed by atoms with Gasteiger partial charge < -0.3 is 21.1 Å². The predicted octanol–water partition coefficient (Wildman–Crippen LogP) is -0.539. The first-order valence-electron chi connectivity index (χ1n) is 7.76. The van der Waals surface area contributed by atoms with E-state index < -0.39 is 5.91 Å². The number of hydrogen-bond donors (Lipinski definition) is 3. The highest BCUT2D eigenvalue weighted by Gasteiger charge is 2.19. The number of carbonyl (C=O) groups excluding carboxylic acids is 2. The van der Waals surface area contributed by atoms with E-state index in [-0.39, 0.29) is 12.5 Å². The van der Waals surface area contributed by atoms with E-state index in [1.807, 2.05) is 12.1 Å². The monoisotopic (exact) mass is 320 g/mol. The number of carbonyl (C=O) groups is 2. The molecule has 1 saturated heterocycles. The predicted molar refractivity (Wildman–Crippen MR) is 86.9 cm³/mol. The number of amides is 2. The molecule has 0 radical (unpaired) electrons. The van der Waals surface area contributed by atoms with Gasteiger partial charge in [0.05, 0.1) is 6.54 Å². The maximum Gasteiger partial charge on any atom is 0.255 e. The minimum Gasteiger partial charge on any atom is -0.484 e. The van der Waals surface area contributed by atoms with Crippen molar-refractivity contribution in [2.75, 3.05) is 32.8 Å². The lowest BCUT2D eigenvalue weighted by Gasteiger charge is -2.33. The van der Waals surface area contributed by atoms with Crippen molar-refractivity contribution in [3.63, 3.8) is 0 Å². The van der Waals surface area contributed by atoms with Crippen LogP contribution in [0.2, 0.25) is 0 Å². The Morgan fingerprint density at radius 2 is 2.13 bits per heavy atom. The van der Waals surface area contributed by atoms with Gasteiger partial charge in [-0.15, -0.1) is 0 Å². The van der Waals surface area contributed by atoms with Gasteiger partial charge in [-0.2, -0.15) is 0 Å². The smallest absolute Gasteiger partial charge is 0.255 e. The van der Waals surface area contributed by atoms with Crippen LogP contribution in [0, 0.1) is 0 Å². The van der Waals surface area contributed by atoms with Crippen molar-refractivity contribution in [3.8, 4) is 5.75 Å². The number of rotatable bonds is 7. The molecule has 1 aromatic rings. The zero-order valence-electron chi connectivity index (χ0n) is 13.4. The summed E-state index contributed by atoms with van der Waals surface area (Å²) in [5.41, 5.74) is 5.99. The van der Waals surface area contributed by atoms with Gasteiger partial charge in [0, 0.05) is 32.2 Å². The Balaban J connectivity index is 1.74. The van der Waals surface area contributed by atoms with Crippen LogP contribution in [-0.2, 0) is 16.1 Å². The number of nitrogens with one attached hydrogen (secondary N) is 2. The van der Waals surface area contributed by atoms with Crippen molar-refractivity contribution in [1.29, 1.82) is 0 Å². The summed E-state index contributed by atoms with van der Waals surface area (Å²) in [5.74, 6) is 0.0878. The molecule has 0 unspecified atom stereocenters. The van der Waals surface area contributed by atoms with Crippen molar-refractivity contribution in [2.45, 2.75) is 19.5 Å². The van der Waals surface area contributed by atoms with Crippen LogP contribution in [0.1, 0.15) is 12.5 Å². The van der Waals surface area contributed by atoms with E-state index >= 15 is 0 Å². The van der Waals surface area contributed by atoms with Crippen LogP contribution in [0.3, 0.4) is 0 Å². The normalized spacial score (nSPS) is 18.4. The summed E-state index contributed by atoms with van der Waals surface area (Å²) < 4.78 is 5.19. The van der Waals surface area contributed by atoms with Crippen LogP contribution >= 0.6 is 0 Å². The van der Waals surface area contributed by atoms with E-state index in [4.69, 9.17) is 10.5 Å². The highest BCUT2D eigenvalue weighted by Crippen LogP contribution is 2.12. The summed E-state index contributed by atoms with van der Waals surface area (Å²) in [6, 6.07) is 7.58. The largest absolute Gasteiger partial charge is 0.484 e. The summed E-state index contributed by atoms with van der Waals surface area (Å²) >= 11 is 0. The lowest BCUT2D eigenvalue weighted by atomic mass is 10.2. The standard InChI is InChI=1S/C16H24N4O3/c1-12-8-18-6-7-20(12)10-16(22)19-9-13-2-4-14(5-3-13)23-11-15(17)21/h2-5,12,18H,6-11H2,1H3,(H2,17,21)(H,19,22)/t12-/m1/s1. The number of benzene rings is 1. The molecule has 0 spiro atoms. The van der Waals surface area contributed by atoms with Crippen molar-refractivity contribution in [3.05, 3.63) is 29.8 Å². The third-order valence-corrected chi connectivity index (χ3v) is 3.78. The number of primary amides is 1. The molecule has 23 heavy (non-hydrogen) atoms. The third-order valence-electron chi connectivity index (χ3n) is 3.78. The van der Waals surface area contributed by atoms with Gasteiger partial charge in [0.1, 0.15) is 5.75 Å². The molecule has 1 fully saturated rings. The zero-order valence-corrected chi connectivity index (χ0v) is 13.4. The Bertz CT molecular complexity index is 533. The molecule has 2 rings (SSSR count). The molecule has 1 atom stereocenters. The molecule has 1 aliphatic rings. The quantitative estimate of drug-likeness (QED) is 0.627. The van der Waals surface area contributed by atoms with Crippen LogP contribution in [0.5, 0.6) is 5.75 Å². The summed E-state index contributed by atoms with van der Waals surface area (Å²) in [4.78, 5) is 24.8. The lowest BCUT2D eigenvalue weighted by Crippen LogP contribution is -2.52. The van der Waals surface area contributed by atoms with Crippen LogP contribution in [-0.4, -0.2) is 55.5 Å². The van der Waals surface area contributed by atoms with Gasteiger partial charge in [-0.1, -0.05) is 12.1 Å². The SMILES string of the molecule is C[C@@H]1CNCCN1CC(=O)NCc1ccc(OCC(N)=O)cc1. The van der Waals surface area contributed by atoms with Gasteiger partial charge in [-0.3, -0.25) is 14.5 Å². The third kappa shape index (κ3) is 5.88. The summed E-state index contributed by atoms with van der Waals surface area (Å²) in [6.45, 7) is 5.59. The Morgan fingerprint density at radius 1 is 1.39 bits per heavy atom. The van der Waals surface area contributed by atoms with E-state index in [2.05, 4.69) is 22.5 Å². The molecule has 2 amide bonds. The molecule has 7 nitrogen and oxygen atoms in total. The first kappa shape index (κ1) is 17.2. The summed E-state index contributed by atoms with van der Waals surface area (Å²) in [5, 5.41) is 6.22. The Kier molecular flexibility index (Phi) is 6.37. The van der Waals surface area contributed by atoms with E-state index in [1.54, 1.807) is 12.1 Å². The van der Waals surface area contributed by atoms with Gasteiger partial charge >= 0.3 is 0 Å². The summed E-state index contributed by atoms with van der Waals surface area (Å²) in [6.07, 6.45) is 0. The van der Waals surface area contributed by atoms with Crippen molar-refractivity contribution >= 4 is 11.8 Å². The second kappa shape index (κ2) is 8.50. The highest BCUT2D eigenvalue weighted by atomic mass is 16.5. The maximum absolute atomic E-state index is 12.0. The number of piperazine rings is 1. The first-order chi connectivity index (χ1) is 11.0. The molecular formula is C16H24N4O3. The Morgan fingerprint density at radius 3 is 2.78 bits per heavy atom. The minimum atomic E-state index is -0.511. The fourth-order valence-corrected chi connectivity index (χ4v) is 2.42. The second-order valence-corrected chi connectivity index (χ2v) is 5.70. The van der Waals surface area contributed by atoms with Gasteiger partial charge in [0.15, 0.2) is 6.61 Å². The highest BCUT2D eigenvalue weighted by molar-refractivity contribution is 5.78. The van der Waals surface area contributed by atoms with E-state index in [0.717, 1.165) is 25.2 Å². The number of ether oxygens (including phenoxy) is 1. The molecule has 126 valence electrons. The number of nitrogens with two attached hydrogens (primary N) is 1. The molecule has 1 aromatic carbocycles. The van der Waals surface area contributed by atoms with Crippen LogP contribution < -0.4 is 21.1 Å². The minimum absolute atomic E-state index is 0.0211. The average Bonchev–Trinajstić information content (AvgIpc) is 2.54. The number of nitrogens with zero attached hydrogens (tertiary/aromatic N) is 1. The number of hydrogen-bond acceptors (Lipinski definition) is 5. The molecule has 4 N–H and O–H groups in total. The lowest BCUT2D eigenvalue weighted by molar-refractivity contribution is -0.123.